The van der Waals surface area contributed by atoms with E-state index in [4.69, 9.17) is 16.3 Å². The highest BCUT2D eigenvalue weighted by Gasteiger charge is 2.14. The SMILES string of the molecule is CN=C(NCCS(=O)(=O)c1ccccc1)N(C)CCOc1ccc(Cl)cc1. The van der Waals surface area contributed by atoms with Crippen LogP contribution in [0.15, 0.2) is 64.5 Å². The quantitative estimate of drug-likeness (QED) is 0.536. The van der Waals surface area contributed by atoms with Crippen molar-refractivity contribution < 1.29 is 13.2 Å². The normalized spacial score (nSPS) is 11.9. The Hall–Kier alpha value is -2.25. The van der Waals surface area contributed by atoms with Gasteiger partial charge in [0.2, 0.25) is 0 Å². The summed E-state index contributed by atoms with van der Waals surface area (Å²) in [6.07, 6.45) is 0. The Bertz CT molecular complexity index is 840. The van der Waals surface area contributed by atoms with E-state index in [9.17, 15) is 8.42 Å². The van der Waals surface area contributed by atoms with Gasteiger partial charge in [-0.05, 0) is 36.4 Å². The van der Waals surface area contributed by atoms with Gasteiger partial charge in [-0.2, -0.15) is 0 Å². The van der Waals surface area contributed by atoms with E-state index in [-0.39, 0.29) is 12.3 Å². The zero-order chi connectivity index (χ0) is 19.7. The summed E-state index contributed by atoms with van der Waals surface area (Å²) in [5, 5.41) is 3.74. The van der Waals surface area contributed by atoms with Gasteiger partial charge in [0.05, 0.1) is 17.2 Å². The van der Waals surface area contributed by atoms with Crippen molar-refractivity contribution in [1.82, 2.24) is 10.2 Å². The molecule has 0 bridgehead atoms. The number of halogens is 1. The molecule has 6 nitrogen and oxygen atoms in total. The van der Waals surface area contributed by atoms with Crippen molar-refractivity contribution in [2.75, 3.05) is 39.5 Å². The summed E-state index contributed by atoms with van der Waals surface area (Å²) in [5.41, 5.74) is 0. The Labute approximate surface area is 165 Å². The van der Waals surface area contributed by atoms with Gasteiger partial charge in [-0.25, -0.2) is 8.42 Å². The lowest BCUT2D eigenvalue weighted by molar-refractivity contribution is 0.281. The van der Waals surface area contributed by atoms with E-state index >= 15 is 0 Å². The number of sulfone groups is 1. The number of ether oxygens (including phenoxy) is 1. The zero-order valence-corrected chi connectivity index (χ0v) is 17.0. The summed E-state index contributed by atoms with van der Waals surface area (Å²) < 4.78 is 30.3. The van der Waals surface area contributed by atoms with Crippen molar-refractivity contribution in [2.24, 2.45) is 4.99 Å². The van der Waals surface area contributed by atoms with Crippen molar-refractivity contribution in [2.45, 2.75) is 4.90 Å². The van der Waals surface area contributed by atoms with Crippen molar-refractivity contribution in [3.8, 4) is 5.75 Å². The molecule has 1 N–H and O–H groups in total. The summed E-state index contributed by atoms with van der Waals surface area (Å²) in [6, 6.07) is 15.6. The first-order valence-electron chi connectivity index (χ1n) is 8.50. The van der Waals surface area contributed by atoms with E-state index in [2.05, 4.69) is 10.3 Å². The lowest BCUT2D eigenvalue weighted by Crippen LogP contribution is -2.42. The number of hydrogen-bond donors (Lipinski definition) is 1. The second kappa shape index (κ2) is 10.2. The third kappa shape index (κ3) is 6.77. The molecule has 0 unspecified atom stereocenters. The van der Waals surface area contributed by atoms with Crippen LogP contribution >= 0.6 is 11.6 Å². The van der Waals surface area contributed by atoms with Crippen molar-refractivity contribution in [1.29, 1.82) is 0 Å². The van der Waals surface area contributed by atoms with E-state index in [1.165, 1.54) is 0 Å². The van der Waals surface area contributed by atoms with Gasteiger partial charge in [0, 0.05) is 25.7 Å². The van der Waals surface area contributed by atoms with Crippen LogP contribution in [0, 0.1) is 0 Å². The number of rotatable bonds is 8. The molecule has 146 valence electrons. The minimum absolute atomic E-state index is 0.00878. The number of likely N-dealkylation sites (N-methyl/N-ethyl adjacent to an activating group) is 1. The second-order valence-corrected chi connectivity index (χ2v) is 8.38. The number of guanidine groups is 1. The summed E-state index contributed by atoms with van der Waals surface area (Å²) in [7, 11) is 0.207. The van der Waals surface area contributed by atoms with Crippen LogP contribution in [-0.4, -0.2) is 58.8 Å². The van der Waals surface area contributed by atoms with Gasteiger partial charge in [0.1, 0.15) is 12.4 Å². The molecular weight excluding hydrogens is 386 g/mol. The average Bonchev–Trinajstić information content (AvgIpc) is 2.67. The first kappa shape index (κ1) is 21.1. The number of hydrogen-bond acceptors (Lipinski definition) is 4. The molecule has 2 aromatic rings. The summed E-state index contributed by atoms with van der Waals surface area (Å²) in [4.78, 5) is 6.39. The lowest BCUT2D eigenvalue weighted by Gasteiger charge is -2.22. The Morgan fingerprint density at radius 1 is 1.15 bits per heavy atom. The number of benzene rings is 2. The number of nitrogens with zero attached hydrogens (tertiary/aromatic N) is 2. The molecule has 8 heteroatoms. The maximum Gasteiger partial charge on any atom is 0.193 e. The van der Waals surface area contributed by atoms with Gasteiger partial charge in [-0.1, -0.05) is 29.8 Å². The van der Waals surface area contributed by atoms with Crippen LogP contribution in [0.2, 0.25) is 5.02 Å². The minimum atomic E-state index is -3.32. The van der Waals surface area contributed by atoms with E-state index in [0.29, 0.717) is 29.0 Å². The molecule has 0 amide bonds. The molecule has 0 aliphatic heterocycles. The van der Waals surface area contributed by atoms with Gasteiger partial charge in [0.25, 0.3) is 0 Å². The fourth-order valence-corrected chi connectivity index (χ4v) is 3.67. The van der Waals surface area contributed by atoms with Crippen LogP contribution in [0.5, 0.6) is 5.75 Å². The maximum absolute atomic E-state index is 12.3. The molecule has 0 aliphatic carbocycles. The molecule has 0 atom stereocenters. The van der Waals surface area contributed by atoms with Gasteiger partial charge in [-0.3, -0.25) is 4.99 Å². The summed E-state index contributed by atoms with van der Waals surface area (Å²) >= 11 is 5.85. The highest BCUT2D eigenvalue weighted by Crippen LogP contribution is 2.15. The maximum atomic E-state index is 12.3. The largest absolute Gasteiger partial charge is 0.492 e. The number of aliphatic imine (C=N–C) groups is 1. The summed E-state index contributed by atoms with van der Waals surface area (Å²) in [5.74, 6) is 1.34. The molecule has 0 saturated heterocycles. The van der Waals surface area contributed by atoms with E-state index in [0.717, 1.165) is 5.75 Å². The van der Waals surface area contributed by atoms with E-state index in [1.54, 1.807) is 49.5 Å². The Morgan fingerprint density at radius 2 is 1.81 bits per heavy atom. The minimum Gasteiger partial charge on any atom is -0.492 e. The van der Waals surface area contributed by atoms with Crippen LogP contribution < -0.4 is 10.1 Å². The monoisotopic (exact) mass is 409 g/mol. The first-order chi connectivity index (χ1) is 12.9. The molecule has 0 saturated carbocycles. The fraction of sp³-hybridized carbons (Fsp3) is 0.316. The molecule has 0 aliphatic rings. The molecular formula is C19H24ClN3O3S. The summed E-state index contributed by atoms with van der Waals surface area (Å²) in [6.45, 7) is 1.32. The average molecular weight is 410 g/mol. The third-order valence-electron chi connectivity index (χ3n) is 3.84. The predicted molar refractivity (Wildman–Crippen MR) is 109 cm³/mol. The van der Waals surface area contributed by atoms with Gasteiger partial charge >= 0.3 is 0 Å². The Kier molecular flexibility index (Phi) is 7.94. The van der Waals surface area contributed by atoms with Crippen LogP contribution in [0.4, 0.5) is 0 Å². The highest BCUT2D eigenvalue weighted by atomic mass is 35.5. The van der Waals surface area contributed by atoms with E-state index < -0.39 is 9.84 Å². The van der Waals surface area contributed by atoms with Crippen molar-refractivity contribution in [3.05, 3.63) is 59.6 Å². The number of nitrogens with one attached hydrogen (secondary N) is 1. The molecule has 0 fully saturated rings. The van der Waals surface area contributed by atoms with Crippen LogP contribution in [0.3, 0.4) is 0 Å². The highest BCUT2D eigenvalue weighted by molar-refractivity contribution is 7.91. The van der Waals surface area contributed by atoms with Crippen LogP contribution in [0.1, 0.15) is 0 Å². The fourth-order valence-electron chi connectivity index (χ4n) is 2.36. The predicted octanol–water partition coefficient (Wildman–Crippen LogP) is 2.70. The van der Waals surface area contributed by atoms with Gasteiger partial charge < -0.3 is 15.0 Å². The topological polar surface area (TPSA) is 71.0 Å². The van der Waals surface area contributed by atoms with E-state index in [1.807, 2.05) is 24.1 Å². The first-order valence-corrected chi connectivity index (χ1v) is 10.5. The molecule has 2 rings (SSSR count). The Morgan fingerprint density at radius 3 is 2.44 bits per heavy atom. The molecule has 0 radical (unpaired) electrons. The standard InChI is InChI=1S/C19H24ClN3O3S/c1-21-19(22-12-15-27(24,25)18-6-4-3-5-7-18)23(2)13-14-26-17-10-8-16(20)9-11-17/h3-11H,12-15H2,1-2H3,(H,21,22). The molecule has 2 aromatic carbocycles. The molecule has 0 heterocycles. The molecule has 0 aromatic heterocycles. The zero-order valence-electron chi connectivity index (χ0n) is 15.4. The molecule has 27 heavy (non-hydrogen) atoms. The van der Waals surface area contributed by atoms with Crippen LogP contribution in [0.25, 0.3) is 0 Å². The van der Waals surface area contributed by atoms with Gasteiger partial charge in [0.15, 0.2) is 15.8 Å². The second-order valence-electron chi connectivity index (χ2n) is 5.83. The smallest absolute Gasteiger partial charge is 0.193 e. The van der Waals surface area contributed by atoms with Crippen molar-refractivity contribution in [3.63, 3.8) is 0 Å². The van der Waals surface area contributed by atoms with Crippen molar-refractivity contribution >= 4 is 27.4 Å². The Balaban J connectivity index is 1.78. The van der Waals surface area contributed by atoms with Gasteiger partial charge in [-0.15, -0.1) is 0 Å². The molecule has 0 spiro atoms. The lowest BCUT2D eigenvalue weighted by atomic mass is 10.3. The third-order valence-corrected chi connectivity index (χ3v) is 5.82. The van der Waals surface area contributed by atoms with Crippen LogP contribution in [-0.2, 0) is 9.84 Å².